The Kier molecular flexibility index (Phi) is 10.0. The molecule has 2 bridgehead atoms. The van der Waals surface area contributed by atoms with Crippen LogP contribution in [0.1, 0.15) is 68.5 Å². The van der Waals surface area contributed by atoms with Crippen LogP contribution in [0, 0.1) is 5.41 Å². The van der Waals surface area contributed by atoms with Crippen molar-refractivity contribution < 1.29 is 23.8 Å². The molecule has 0 radical (unpaired) electrons. The van der Waals surface area contributed by atoms with Gasteiger partial charge in [0.15, 0.2) is 0 Å². The van der Waals surface area contributed by atoms with Crippen molar-refractivity contribution in [2.75, 3.05) is 65.6 Å². The number of nitrogens with one attached hydrogen (secondary N) is 1. The van der Waals surface area contributed by atoms with Crippen molar-refractivity contribution >= 4 is 11.8 Å². The summed E-state index contributed by atoms with van der Waals surface area (Å²) in [4.78, 5) is 34.3. The number of hydrogen-bond donors (Lipinski definition) is 1. The molecule has 0 aliphatic carbocycles. The van der Waals surface area contributed by atoms with Crippen molar-refractivity contribution in [3.05, 3.63) is 41.7 Å². The lowest BCUT2D eigenvalue weighted by Gasteiger charge is -2.42. The Hall–Kier alpha value is -3.06. The molecule has 6 rings (SSSR count). The van der Waals surface area contributed by atoms with Gasteiger partial charge in [0.05, 0.1) is 55.5 Å². The maximum Gasteiger partial charge on any atom is 0.258 e. The van der Waals surface area contributed by atoms with Crippen LogP contribution in [0.3, 0.4) is 0 Å². The van der Waals surface area contributed by atoms with E-state index in [9.17, 15) is 9.59 Å². The van der Waals surface area contributed by atoms with Crippen LogP contribution in [-0.4, -0.2) is 125 Å². The SMILES string of the molecule is CC(C)(C)CCN1CCN2C(=O)c3ccccc3OCC[C@@H]3CC[C@@H](n4cc(CN5CCOCC5)nn4)[C@@H](CNC(=O)[C@@H]2C1)O3. The molecule has 3 saturated heterocycles. The summed E-state index contributed by atoms with van der Waals surface area (Å²) in [5.74, 6) is 0.230. The predicted molar refractivity (Wildman–Crippen MR) is 168 cm³/mol. The van der Waals surface area contributed by atoms with E-state index in [1.54, 1.807) is 11.0 Å². The molecule has 0 saturated carbocycles. The molecule has 45 heavy (non-hydrogen) atoms. The third kappa shape index (κ3) is 8.03. The zero-order valence-electron chi connectivity index (χ0n) is 27.0. The molecule has 5 heterocycles. The number of ether oxygens (including phenoxy) is 3. The minimum Gasteiger partial charge on any atom is -0.493 e. The average molecular weight is 624 g/mol. The summed E-state index contributed by atoms with van der Waals surface area (Å²) < 4.78 is 20.3. The summed E-state index contributed by atoms with van der Waals surface area (Å²) in [5.41, 5.74) is 1.60. The fourth-order valence-corrected chi connectivity index (χ4v) is 6.73. The summed E-state index contributed by atoms with van der Waals surface area (Å²) in [6.45, 7) is 14.0. The fourth-order valence-electron chi connectivity index (χ4n) is 6.73. The fraction of sp³-hybridized carbons (Fsp3) is 0.697. The number of hydrogen-bond acceptors (Lipinski definition) is 9. The van der Waals surface area contributed by atoms with Crippen molar-refractivity contribution in [1.29, 1.82) is 0 Å². The average Bonchev–Trinajstić information content (AvgIpc) is 3.50. The third-order valence-corrected chi connectivity index (χ3v) is 9.47. The van der Waals surface area contributed by atoms with E-state index in [1.807, 2.05) is 29.1 Å². The molecule has 4 aliphatic heterocycles. The molecule has 3 fully saturated rings. The van der Waals surface area contributed by atoms with E-state index in [2.05, 4.69) is 46.2 Å². The first-order valence-electron chi connectivity index (χ1n) is 16.6. The summed E-state index contributed by atoms with van der Waals surface area (Å²) in [5, 5.41) is 12.2. The zero-order valence-corrected chi connectivity index (χ0v) is 27.0. The second kappa shape index (κ2) is 14.1. The lowest BCUT2D eigenvalue weighted by atomic mass is 9.92. The van der Waals surface area contributed by atoms with Crippen molar-refractivity contribution in [1.82, 2.24) is 35.0 Å². The van der Waals surface area contributed by atoms with E-state index in [0.717, 1.165) is 70.9 Å². The number of para-hydroxylation sites is 1. The Morgan fingerprint density at radius 2 is 1.80 bits per heavy atom. The molecule has 2 aromatic rings. The highest BCUT2D eigenvalue weighted by Gasteiger charge is 2.39. The summed E-state index contributed by atoms with van der Waals surface area (Å²) in [7, 11) is 0. The minimum atomic E-state index is -0.619. The maximum absolute atomic E-state index is 14.0. The molecular formula is C33H49N7O5. The molecule has 4 atom stereocenters. The normalized spacial score (nSPS) is 27.6. The van der Waals surface area contributed by atoms with E-state index < -0.39 is 6.04 Å². The van der Waals surface area contributed by atoms with Crippen molar-refractivity contribution in [2.24, 2.45) is 5.41 Å². The molecule has 1 aromatic heterocycles. The van der Waals surface area contributed by atoms with Gasteiger partial charge in [-0.3, -0.25) is 19.4 Å². The Morgan fingerprint density at radius 1 is 0.978 bits per heavy atom. The molecule has 1 aromatic carbocycles. The summed E-state index contributed by atoms with van der Waals surface area (Å²) >= 11 is 0. The Morgan fingerprint density at radius 3 is 2.62 bits per heavy atom. The van der Waals surface area contributed by atoms with Crippen LogP contribution in [0.4, 0.5) is 0 Å². The number of fused-ring (bicyclic) bond motifs is 4. The molecule has 12 heteroatoms. The number of nitrogens with zero attached hydrogens (tertiary/aromatic N) is 6. The number of amides is 2. The largest absolute Gasteiger partial charge is 0.493 e. The van der Waals surface area contributed by atoms with Gasteiger partial charge in [0.2, 0.25) is 5.91 Å². The van der Waals surface area contributed by atoms with Crippen LogP contribution in [0.5, 0.6) is 5.75 Å². The lowest BCUT2D eigenvalue weighted by molar-refractivity contribution is -0.130. The van der Waals surface area contributed by atoms with Gasteiger partial charge in [-0.05, 0) is 43.4 Å². The van der Waals surface area contributed by atoms with Crippen molar-refractivity contribution in [2.45, 2.75) is 77.3 Å². The highest BCUT2D eigenvalue weighted by molar-refractivity contribution is 6.00. The van der Waals surface area contributed by atoms with Crippen molar-refractivity contribution in [3.63, 3.8) is 0 Å². The molecule has 246 valence electrons. The Balaban J connectivity index is 1.21. The molecular weight excluding hydrogens is 574 g/mol. The molecule has 1 N–H and O–H groups in total. The van der Waals surface area contributed by atoms with Crippen LogP contribution in [0.15, 0.2) is 30.5 Å². The number of carbonyl (C=O) groups excluding carboxylic acids is 2. The smallest absolute Gasteiger partial charge is 0.258 e. The number of carbonyl (C=O) groups is 2. The van der Waals surface area contributed by atoms with Gasteiger partial charge in [-0.1, -0.05) is 38.1 Å². The molecule has 4 aliphatic rings. The predicted octanol–water partition coefficient (Wildman–Crippen LogP) is 2.36. The maximum atomic E-state index is 14.0. The van der Waals surface area contributed by atoms with E-state index in [-0.39, 0.29) is 35.5 Å². The lowest BCUT2D eigenvalue weighted by Crippen LogP contribution is -2.61. The number of aromatic nitrogens is 3. The number of piperazine rings is 1. The molecule has 0 unspecified atom stereocenters. The highest BCUT2D eigenvalue weighted by atomic mass is 16.5. The quantitative estimate of drug-likeness (QED) is 0.536. The van der Waals surface area contributed by atoms with Crippen molar-refractivity contribution in [3.8, 4) is 5.75 Å². The number of benzene rings is 1. The first-order valence-corrected chi connectivity index (χ1v) is 16.6. The Bertz CT molecular complexity index is 1310. The van der Waals surface area contributed by atoms with Gasteiger partial charge in [-0.25, -0.2) is 4.68 Å². The highest BCUT2D eigenvalue weighted by Crippen LogP contribution is 2.31. The van der Waals surface area contributed by atoms with Gasteiger partial charge in [0.1, 0.15) is 11.8 Å². The van der Waals surface area contributed by atoms with Gasteiger partial charge in [-0.2, -0.15) is 0 Å². The number of rotatable bonds is 5. The monoisotopic (exact) mass is 623 g/mol. The summed E-state index contributed by atoms with van der Waals surface area (Å²) in [6.07, 6.45) is 5.11. The minimum absolute atomic E-state index is 0.0237. The summed E-state index contributed by atoms with van der Waals surface area (Å²) in [6, 6.07) is 6.69. The van der Waals surface area contributed by atoms with E-state index >= 15 is 0 Å². The second-order valence-electron chi connectivity index (χ2n) is 14.0. The van der Waals surface area contributed by atoms with Crippen LogP contribution in [0.2, 0.25) is 0 Å². The topological polar surface area (TPSA) is 114 Å². The van der Waals surface area contributed by atoms with E-state index in [4.69, 9.17) is 14.2 Å². The van der Waals surface area contributed by atoms with E-state index in [0.29, 0.717) is 44.0 Å². The molecule has 0 spiro atoms. The Labute approximate surface area is 266 Å². The molecule has 12 nitrogen and oxygen atoms in total. The molecule has 2 amide bonds. The third-order valence-electron chi connectivity index (χ3n) is 9.47. The van der Waals surface area contributed by atoms with Crippen LogP contribution in [0.25, 0.3) is 0 Å². The van der Waals surface area contributed by atoms with E-state index in [1.165, 1.54) is 0 Å². The van der Waals surface area contributed by atoms with Crippen LogP contribution < -0.4 is 10.1 Å². The van der Waals surface area contributed by atoms with Gasteiger partial charge in [0, 0.05) is 52.2 Å². The first kappa shape index (κ1) is 31.9. The second-order valence-corrected chi connectivity index (χ2v) is 14.0. The van der Waals surface area contributed by atoms with Gasteiger partial charge >= 0.3 is 0 Å². The first-order chi connectivity index (χ1) is 21.7. The number of morpholine rings is 1. The van der Waals surface area contributed by atoms with Crippen LogP contribution >= 0.6 is 0 Å². The van der Waals surface area contributed by atoms with Crippen LogP contribution in [-0.2, 0) is 20.8 Å². The standard InChI is InChI=1S/C33H49N7O5/c1-33(2,3)11-12-37-13-14-39-28(23-37)31(41)34-20-30-27(40-22-24(35-36-40)21-38-15-18-43-19-16-38)9-8-25(45-30)10-17-44-29-7-5-4-6-26(29)32(39)42/h4-7,22,25,27-28,30H,8-21,23H2,1-3H3,(H,34,41)/t25-,27+,28-,30+/m0/s1. The van der Waals surface area contributed by atoms with Gasteiger partial charge in [-0.15, -0.1) is 5.10 Å². The van der Waals surface area contributed by atoms with Gasteiger partial charge < -0.3 is 24.4 Å². The zero-order chi connectivity index (χ0) is 31.4. The van der Waals surface area contributed by atoms with Gasteiger partial charge in [0.25, 0.3) is 5.91 Å².